The second-order valence-electron chi connectivity index (χ2n) is 19.5. The van der Waals surface area contributed by atoms with Crippen molar-refractivity contribution in [2.24, 2.45) is 10.4 Å². The van der Waals surface area contributed by atoms with Gasteiger partial charge >= 0.3 is 24.8 Å². The first-order chi connectivity index (χ1) is 33.0. The Labute approximate surface area is 471 Å². The van der Waals surface area contributed by atoms with Crippen molar-refractivity contribution in [1.29, 1.82) is 0 Å². The summed E-state index contributed by atoms with van der Waals surface area (Å²) in [4.78, 5) is 39.1. The molecule has 392 valence electrons. The van der Waals surface area contributed by atoms with Gasteiger partial charge in [0.05, 0.1) is 31.0 Å². The normalized spacial score (nSPS) is 9.90. The van der Waals surface area contributed by atoms with Crippen LogP contribution in [0.3, 0.4) is 0 Å². The number of aryl methyl sites for hydroxylation is 2. The summed E-state index contributed by atoms with van der Waals surface area (Å²) in [6.45, 7) is 41.6. The van der Waals surface area contributed by atoms with Gasteiger partial charge in [0.2, 0.25) is 6.08 Å². The first-order valence-electron chi connectivity index (χ1n) is 22.6. The number of nitrogen functional groups attached to an aromatic ring is 1. The van der Waals surface area contributed by atoms with E-state index in [4.69, 9.17) is 53.1 Å². The van der Waals surface area contributed by atoms with Gasteiger partial charge in [-0.1, -0.05) is 106 Å². The summed E-state index contributed by atoms with van der Waals surface area (Å²) >= 11 is 7.70. The van der Waals surface area contributed by atoms with E-state index in [-0.39, 0.29) is 36.5 Å². The predicted octanol–water partition coefficient (Wildman–Crippen LogP) is 9.27. The Kier molecular flexibility index (Phi) is 39.6. The number of hydrogen-bond acceptors (Lipinski definition) is 14. The molecule has 0 aliphatic carbocycles. The number of aromatic nitrogens is 5. The first kappa shape index (κ1) is 74.7. The van der Waals surface area contributed by atoms with Crippen LogP contribution in [0.25, 0.3) is 0 Å². The molecule has 5 aromatic rings. The van der Waals surface area contributed by atoms with Crippen LogP contribution in [0.2, 0.25) is 98.2 Å². The van der Waals surface area contributed by atoms with E-state index >= 15 is 0 Å². The SMILES string of the molecule is C#Cc1cnc(C(N)=O)o1.C#Cc1cnc(CC)o1.CCc1ncc(C#C[Si](C)(C)C)o1.C[Si](C)(C)C#Cc1cnc(I)o1.C[Si](C)(C)C#Cc1cnc(N)o1.C[Si](C)(C)Cl.C[Si](C)(C)N=C=O.[CH2-]CCC.[Li+]. The van der Waals surface area contributed by atoms with Gasteiger partial charge in [-0.05, 0) is 49.2 Å². The third-order valence-electron chi connectivity index (χ3n) is 6.13. The Morgan fingerprint density at radius 3 is 1.22 bits per heavy atom. The number of anilines is 1. The molecule has 5 aromatic heterocycles. The number of carbonyl (C=O) groups is 1. The van der Waals surface area contributed by atoms with E-state index in [1.807, 2.05) is 56.1 Å². The van der Waals surface area contributed by atoms with E-state index in [2.05, 4.69) is 173 Å². The van der Waals surface area contributed by atoms with Crippen LogP contribution in [0.1, 0.15) is 84.9 Å². The molecule has 0 saturated carbocycles. The fourth-order valence-electron chi connectivity index (χ4n) is 3.07. The minimum atomic E-state index is -1.46. The van der Waals surface area contributed by atoms with E-state index in [1.165, 1.54) is 12.6 Å². The Morgan fingerprint density at radius 1 is 0.644 bits per heavy atom. The van der Waals surface area contributed by atoms with Gasteiger partial charge < -0.3 is 40.5 Å². The number of amides is 1. The zero-order valence-electron chi connectivity index (χ0n) is 46.5. The van der Waals surface area contributed by atoms with Crippen molar-refractivity contribution < 1.29 is 50.5 Å². The maximum atomic E-state index is 10.3. The van der Waals surface area contributed by atoms with Gasteiger partial charge in [-0.3, -0.25) is 4.79 Å². The third-order valence-corrected chi connectivity index (χ3v) is 10.0. The van der Waals surface area contributed by atoms with E-state index in [0.717, 1.165) is 25.2 Å². The molecular weight excluding hydrogens is 1130 g/mol. The molecule has 5 heterocycles. The quantitative estimate of drug-likeness (QED) is 0.0318. The molecule has 0 fully saturated rings. The summed E-state index contributed by atoms with van der Waals surface area (Å²) in [5, 5.41) is 0. The predicted molar refractivity (Wildman–Crippen MR) is 314 cm³/mol. The van der Waals surface area contributed by atoms with E-state index in [9.17, 15) is 9.59 Å². The zero-order chi connectivity index (χ0) is 56.4. The molecule has 0 radical (unpaired) electrons. The summed E-state index contributed by atoms with van der Waals surface area (Å²) < 4.78 is 29.5. The van der Waals surface area contributed by atoms with Crippen LogP contribution in [0, 0.1) is 69.9 Å². The summed E-state index contributed by atoms with van der Waals surface area (Å²) in [5.41, 5.74) is 19.7. The van der Waals surface area contributed by atoms with Crippen molar-refractivity contribution in [3.05, 3.63) is 88.3 Å². The van der Waals surface area contributed by atoms with Gasteiger partial charge in [0.1, 0.15) is 31.6 Å². The summed E-state index contributed by atoms with van der Waals surface area (Å²) in [5.74, 6) is 16.6. The number of nitrogens with two attached hydrogens (primary N) is 2. The number of oxazole rings is 5. The van der Waals surface area contributed by atoms with Gasteiger partial charge in [-0.25, -0.2) is 34.4 Å². The van der Waals surface area contributed by atoms with E-state index in [1.54, 1.807) is 30.9 Å². The van der Waals surface area contributed by atoms with Crippen LogP contribution in [0.5, 0.6) is 0 Å². The van der Waals surface area contributed by atoms with Crippen molar-refractivity contribution in [2.45, 2.75) is 145 Å². The molecule has 0 unspecified atom stereocenters. The van der Waals surface area contributed by atoms with Crippen molar-refractivity contribution in [3.63, 3.8) is 0 Å². The zero-order valence-corrected chi connectivity index (χ0v) is 54.4. The van der Waals surface area contributed by atoms with E-state index < -0.39 is 45.7 Å². The molecule has 4 N–H and O–H groups in total. The van der Waals surface area contributed by atoms with E-state index in [0.29, 0.717) is 32.8 Å². The maximum absolute atomic E-state index is 10.3. The number of rotatable bonds is 5. The number of unbranched alkanes of at least 4 members (excludes halogenated alkanes) is 1. The summed E-state index contributed by atoms with van der Waals surface area (Å²) in [6, 6.07) is 0.176. The van der Waals surface area contributed by atoms with Gasteiger partial charge in [-0.15, -0.1) is 29.5 Å². The number of hydrogen-bond donors (Lipinski definition) is 2. The molecule has 0 aromatic carbocycles. The van der Waals surface area contributed by atoms with Gasteiger partial charge in [0.25, 0.3) is 15.8 Å². The Hall–Kier alpha value is -4.80. The number of terminal acetylenes is 2. The van der Waals surface area contributed by atoms with Crippen molar-refractivity contribution >= 4 is 91.5 Å². The number of nitrogens with zero attached hydrogens (tertiary/aromatic N) is 6. The fraction of sp³-hybridized carbons (Fsp3) is 0.440. The average molecular weight is 1210 g/mol. The second kappa shape index (κ2) is 38.7. The molecule has 0 bridgehead atoms. The number of primary amides is 1. The van der Waals surface area contributed by atoms with Crippen LogP contribution in [-0.4, -0.2) is 76.7 Å². The number of halogens is 2. The van der Waals surface area contributed by atoms with Gasteiger partial charge in [-0.2, -0.15) is 17.5 Å². The van der Waals surface area contributed by atoms with Crippen LogP contribution >= 0.6 is 33.7 Å². The molecule has 0 saturated heterocycles. The number of isocyanates is 1. The molecule has 0 aliphatic heterocycles. The molecule has 1 amide bonds. The van der Waals surface area contributed by atoms with Crippen LogP contribution < -0.4 is 30.3 Å². The van der Waals surface area contributed by atoms with Crippen LogP contribution in [0.4, 0.5) is 6.01 Å². The molecular formula is C50H75ClILiN8O7Si5. The minimum absolute atomic E-state index is 0. The fourth-order valence-corrected chi connectivity index (χ4v) is 5.21. The van der Waals surface area contributed by atoms with Gasteiger partial charge in [0.15, 0.2) is 48.8 Å². The average Bonchev–Trinajstić information content (AvgIpc) is 4.12. The Balaban J connectivity index is -0.000000380. The third kappa shape index (κ3) is 50.5. The smallest absolute Gasteiger partial charge is 0.432 e. The van der Waals surface area contributed by atoms with Gasteiger partial charge in [0, 0.05) is 35.4 Å². The molecule has 5 rings (SSSR count). The molecule has 0 atom stereocenters. The van der Waals surface area contributed by atoms with Crippen molar-refractivity contribution in [1.82, 2.24) is 24.9 Å². The Morgan fingerprint density at radius 2 is 0.986 bits per heavy atom. The molecule has 15 nitrogen and oxygen atoms in total. The van der Waals surface area contributed by atoms with Crippen LogP contribution in [0.15, 0.2) is 57.7 Å². The molecule has 23 heteroatoms. The summed E-state index contributed by atoms with van der Waals surface area (Å²) in [6.07, 6.45) is 23.1. The molecule has 73 heavy (non-hydrogen) atoms. The van der Waals surface area contributed by atoms with Crippen molar-refractivity contribution in [2.75, 3.05) is 5.73 Å². The molecule has 0 spiro atoms. The largest absolute Gasteiger partial charge is 1.00 e. The standard InChI is InChI=1S/C10H15NOSi.C8H10INOSi.C8H12N2OSi.C7H7NO.C6H4N2O2.C4H9NOSi.C4H9.C3H9ClSi.Li/c1-5-10-11-8-9(12-10)6-7-13(2,3)4;2*1-12(2,3)5-4-7-6-10-8(9)11-7;1-3-6-5-8-7(4-2)9-6;1-2-4-3-8-6(10-4)5(7)9;1-7(2,3)5-4-6;1-3-4-2;1-5(2,3)4;/h8H,5H2,1-4H3;6H,1-3H3;6H,1-3H3,(H2,9,10);1,5H,4H2,2H3;1,3H,(H2,7,9);1-3H3;1,3-4H2,2H3;1-3H3;/q;;;;;;-1;;+1. The van der Waals surface area contributed by atoms with Crippen molar-refractivity contribution in [3.8, 4) is 59.1 Å². The minimum Gasteiger partial charge on any atom is -0.432 e. The topological polar surface area (TPSA) is 229 Å². The maximum Gasteiger partial charge on any atom is 1.00 e. The monoisotopic (exact) mass is 1210 g/mol. The second-order valence-corrected chi connectivity index (χ2v) is 46.7. The first-order valence-corrected chi connectivity index (χ1v) is 42.1. The van der Waals surface area contributed by atoms with Crippen LogP contribution in [-0.2, 0) is 17.6 Å². The molecule has 0 aliphatic rings. The summed E-state index contributed by atoms with van der Waals surface area (Å²) in [7, 11) is -6.49. The number of carbonyl (C=O) groups excluding carboxylic acids is 2. The Bertz CT molecular complexity index is 2590.